The Morgan fingerprint density at radius 1 is 1.00 bits per heavy atom. The third-order valence-electron chi connectivity index (χ3n) is 4.22. The molecule has 0 atom stereocenters. The Bertz CT molecular complexity index is 846. The summed E-state index contributed by atoms with van der Waals surface area (Å²) < 4.78 is 33.0. The summed E-state index contributed by atoms with van der Waals surface area (Å²) in [7, 11) is -1.65. The lowest BCUT2D eigenvalue weighted by Crippen LogP contribution is -2.44. The molecule has 0 aliphatic carbocycles. The van der Waals surface area contributed by atoms with E-state index >= 15 is 0 Å². The van der Waals surface area contributed by atoms with Gasteiger partial charge in [-0.3, -0.25) is 4.72 Å². The lowest BCUT2D eigenvalue weighted by Gasteiger charge is -2.32. The number of hydrogen-bond donors (Lipinski definition) is 1. The van der Waals surface area contributed by atoms with Gasteiger partial charge in [0.25, 0.3) is 10.0 Å². The first-order valence-corrected chi connectivity index (χ1v) is 10.4. The molecule has 3 rings (SSSR count). The minimum absolute atomic E-state index is 0.0275. The van der Waals surface area contributed by atoms with Gasteiger partial charge in [-0.15, -0.1) is 10.2 Å². The van der Waals surface area contributed by atoms with E-state index in [1.54, 1.807) is 24.3 Å². The summed E-state index contributed by atoms with van der Waals surface area (Å²) in [6.45, 7) is 7.51. The normalized spacial score (nSPS) is 15.8. The van der Waals surface area contributed by atoms with E-state index in [-0.39, 0.29) is 16.8 Å². The van der Waals surface area contributed by atoms with Gasteiger partial charge in [0.15, 0.2) is 11.6 Å². The summed E-state index contributed by atoms with van der Waals surface area (Å²) in [6.07, 6.45) is 0.0275. The minimum Gasteiger partial charge on any atom is -0.491 e. The number of benzene rings is 1. The number of aromatic nitrogens is 2. The SMILES string of the molecule is CC(C)Oc1ccc(S(=O)(=O)Nc2ccc(N3CCN(C)CC3)nn2)cc1. The molecule has 0 bridgehead atoms. The number of likely N-dealkylation sites (N-methyl/N-ethyl adjacent to an activating group) is 1. The molecule has 1 aliphatic rings. The first kappa shape index (κ1) is 19.4. The summed E-state index contributed by atoms with van der Waals surface area (Å²) in [5.74, 6) is 1.57. The van der Waals surface area contributed by atoms with Gasteiger partial charge in [-0.2, -0.15) is 0 Å². The van der Waals surface area contributed by atoms with Crippen LogP contribution in [0, 0.1) is 0 Å². The van der Waals surface area contributed by atoms with Crippen molar-refractivity contribution in [3.63, 3.8) is 0 Å². The minimum atomic E-state index is -3.73. The second-order valence-electron chi connectivity index (χ2n) is 6.81. The first-order valence-electron chi connectivity index (χ1n) is 8.90. The smallest absolute Gasteiger partial charge is 0.263 e. The zero-order valence-corrected chi connectivity index (χ0v) is 16.6. The fourth-order valence-electron chi connectivity index (χ4n) is 2.75. The second kappa shape index (κ2) is 8.10. The van der Waals surface area contributed by atoms with Crippen molar-refractivity contribution in [1.29, 1.82) is 0 Å². The number of hydrogen-bond acceptors (Lipinski definition) is 7. The molecule has 9 heteroatoms. The molecule has 0 radical (unpaired) electrons. The van der Waals surface area contributed by atoms with Crippen molar-refractivity contribution >= 4 is 21.7 Å². The van der Waals surface area contributed by atoms with Crippen LogP contribution < -0.4 is 14.4 Å². The molecular formula is C18H25N5O3S. The predicted octanol–water partition coefficient (Wildman–Crippen LogP) is 1.82. The van der Waals surface area contributed by atoms with E-state index in [0.29, 0.717) is 5.75 Å². The lowest BCUT2D eigenvalue weighted by molar-refractivity contribution is 0.242. The molecule has 0 unspecified atom stereocenters. The summed E-state index contributed by atoms with van der Waals surface area (Å²) in [5.41, 5.74) is 0. The Balaban J connectivity index is 1.66. The molecule has 0 saturated carbocycles. The van der Waals surface area contributed by atoms with E-state index in [4.69, 9.17) is 4.74 Å². The monoisotopic (exact) mass is 391 g/mol. The second-order valence-corrected chi connectivity index (χ2v) is 8.49. The van der Waals surface area contributed by atoms with Crippen LogP contribution in [0.15, 0.2) is 41.3 Å². The van der Waals surface area contributed by atoms with E-state index < -0.39 is 10.0 Å². The number of nitrogens with zero attached hydrogens (tertiary/aromatic N) is 4. The van der Waals surface area contributed by atoms with Crippen LogP contribution in [0.2, 0.25) is 0 Å². The molecule has 8 nitrogen and oxygen atoms in total. The molecule has 1 saturated heterocycles. The van der Waals surface area contributed by atoms with Crippen LogP contribution in [-0.4, -0.2) is 62.8 Å². The van der Waals surface area contributed by atoms with Gasteiger partial charge in [-0.05, 0) is 57.3 Å². The maximum Gasteiger partial charge on any atom is 0.263 e. The molecule has 0 amide bonds. The van der Waals surface area contributed by atoms with Crippen molar-refractivity contribution in [3.8, 4) is 5.75 Å². The van der Waals surface area contributed by atoms with Gasteiger partial charge in [-0.1, -0.05) is 0 Å². The molecule has 1 aromatic carbocycles. The van der Waals surface area contributed by atoms with Gasteiger partial charge in [0, 0.05) is 26.2 Å². The van der Waals surface area contributed by atoms with Crippen LogP contribution in [0.4, 0.5) is 11.6 Å². The summed E-state index contributed by atoms with van der Waals surface area (Å²) in [5, 5.41) is 8.18. The van der Waals surface area contributed by atoms with Crippen LogP contribution in [-0.2, 0) is 10.0 Å². The van der Waals surface area contributed by atoms with Crippen molar-refractivity contribution in [2.45, 2.75) is 24.8 Å². The summed E-state index contributed by atoms with van der Waals surface area (Å²) in [4.78, 5) is 4.53. The standard InChI is InChI=1S/C18H25N5O3S/c1-14(2)26-15-4-6-16(7-5-15)27(24,25)21-17-8-9-18(20-19-17)23-12-10-22(3)11-13-23/h4-9,14H,10-13H2,1-3H3,(H,19,21). The molecule has 1 fully saturated rings. The molecule has 1 aromatic heterocycles. The van der Waals surface area contributed by atoms with Gasteiger partial charge in [-0.25, -0.2) is 8.42 Å². The Hall–Kier alpha value is -2.39. The zero-order chi connectivity index (χ0) is 19.4. The van der Waals surface area contributed by atoms with Crippen LogP contribution >= 0.6 is 0 Å². The van der Waals surface area contributed by atoms with E-state index in [1.165, 1.54) is 12.1 Å². The molecular weight excluding hydrogens is 366 g/mol. The van der Waals surface area contributed by atoms with E-state index in [9.17, 15) is 8.42 Å². The van der Waals surface area contributed by atoms with Crippen molar-refractivity contribution < 1.29 is 13.2 Å². The quantitative estimate of drug-likeness (QED) is 0.803. The number of ether oxygens (including phenoxy) is 1. The molecule has 0 spiro atoms. The van der Waals surface area contributed by atoms with Crippen LogP contribution in [0.25, 0.3) is 0 Å². The van der Waals surface area contributed by atoms with Gasteiger partial charge in [0.05, 0.1) is 11.0 Å². The fraction of sp³-hybridized carbons (Fsp3) is 0.444. The Morgan fingerprint density at radius 2 is 1.67 bits per heavy atom. The van der Waals surface area contributed by atoms with E-state index in [2.05, 4.69) is 31.8 Å². The third kappa shape index (κ3) is 5.08. The number of sulfonamides is 1. The zero-order valence-electron chi connectivity index (χ0n) is 15.8. The molecule has 146 valence electrons. The highest BCUT2D eigenvalue weighted by Crippen LogP contribution is 2.20. The highest BCUT2D eigenvalue weighted by Gasteiger charge is 2.18. The van der Waals surface area contributed by atoms with Crippen molar-refractivity contribution in [2.75, 3.05) is 42.8 Å². The predicted molar refractivity (Wildman–Crippen MR) is 105 cm³/mol. The summed E-state index contributed by atoms with van der Waals surface area (Å²) in [6, 6.07) is 9.70. The number of anilines is 2. The van der Waals surface area contributed by atoms with Gasteiger partial charge >= 0.3 is 0 Å². The van der Waals surface area contributed by atoms with Gasteiger partial charge in [0.1, 0.15) is 5.75 Å². The molecule has 2 aromatic rings. The lowest BCUT2D eigenvalue weighted by atomic mass is 10.3. The average Bonchev–Trinajstić information content (AvgIpc) is 2.63. The van der Waals surface area contributed by atoms with E-state index in [0.717, 1.165) is 32.0 Å². The Kier molecular flexibility index (Phi) is 5.81. The van der Waals surface area contributed by atoms with Gasteiger partial charge < -0.3 is 14.5 Å². The largest absolute Gasteiger partial charge is 0.491 e. The highest BCUT2D eigenvalue weighted by atomic mass is 32.2. The molecule has 2 heterocycles. The molecule has 1 N–H and O–H groups in total. The molecule has 27 heavy (non-hydrogen) atoms. The van der Waals surface area contributed by atoms with Crippen molar-refractivity contribution in [3.05, 3.63) is 36.4 Å². The highest BCUT2D eigenvalue weighted by molar-refractivity contribution is 7.92. The molecule has 1 aliphatic heterocycles. The van der Waals surface area contributed by atoms with Crippen LogP contribution in [0.5, 0.6) is 5.75 Å². The summed E-state index contributed by atoms with van der Waals surface area (Å²) >= 11 is 0. The third-order valence-corrected chi connectivity index (χ3v) is 5.59. The van der Waals surface area contributed by atoms with Crippen LogP contribution in [0.3, 0.4) is 0 Å². The van der Waals surface area contributed by atoms with Gasteiger partial charge in [0.2, 0.25) is 0 Å². The van der Waals surface area contributed by atoms with Crippen molar-refractivity contribution in [2.24, 2.45) is 0 Å². The van der Waals surface area contributed by atoms with E-state index in [1.807, 2.05) is 13.8 Å². The Morgan fingerprint density at radius 3 is 2.22 bits per heavy atom. The number of piperazine rings is 1. The maximum absolute atomic E-state index is 12.5. The van der Waals surface area contributed by atoms with Crippen molar-refractivity contribution in [1.82, 2.24) is 15.1 Å². The maximum atomic E-state index is 12.5. The van der Waals surface area contributed by atoms with Crippen LogP contribution in [0.1, 0.15) is 13.8 Å². The Labute approximate surface area is 160 Å². The first-order chi connectivity index (χ1) is 12.8. The number of nitrogens with one attached hydrogen (secondary N) is 1. The fourth-order valence-corrected chi connectivity index (χ4v) is 3.75. The number of rotatable bonds is 6. The topological polar surface area (TPSA) is 87.7 Å². The average molecular weight is 391 g/mol.